The summed E-state index contributed by atoms with van der Waals surface area (Å²) in [4.78, 5) is 27.2. The zero-order valence-corrected chi connectivity index (χ0v) is 18.7. The van der Waals surface area contributed by atoms with Crippen LogP contribution in [-0.4, -0.2) is 11.8 Å². The maximum Gasteiger partial charge on any atom is 0.262 e. The predicted molar refractivity (Wildman–Crippen MR) is 130 cm³/mol. The van der Waals surface area contributed by atoms with Crippen LogP contribution in [-0.2, 0) is 11.2 Å². The van der Waals surface area contributed by atoms with Crippen LogP contribution in [0.4, 0.5) is 5.69 Å². The van der Waals surface area contributed by atoms with Crippen molar-refractivity contribution in [2.45, 2.75) is 37.1 Å². The van der Waals surface area contributed by atoms with Crippen molar-refractivity contribution in [2.75, 3.05) is 5.32 Å². The Hall–Kier alpha value is -3.31. The average molecular weight is 441 g/mol. The lowest BCUT2D eigenvalue weighted by Gasteiger charge is -2.26. The van der Waals surface area contributed by atoms with Gasteiger partial charge >= 0.3 is 0 Å². The minimum absolute atomic E-state index is 0.0245. The van der Waals surface area contributed by atoms with Crippen molar-refractivity contribution in [3.63, 3.8) is 0 Å². The van der Waals surface area contributed by atoms with Gasteiger partial charge in [0.05, 0.1) is 16.6 Å². The number of anilines is 1. The fourth-order valence-corrected chi connectivity index (χ4v) is 5.19. The first-order chi connectivity index (χ1) is 15.6. The number of thioether (sulfide) groups is 1. The highest BCUT2D eigenvalue weighted by molar-refractivity contribution is 8.04. The van der Waals surface area contributed by atoms with Crippen molar-refractivity contribution in [2.24, 2.45) is 0 Å². The van der Waals surface area contributed by atoms with Crippen LogP contribution in [0.5, 0.6) is 0 Å². The van der Waals surface area contributed by atoms with Crippen LogP contribution in [0.15, 0.2) is 76.5 Å². The van der Waals surface area contributed by atoms with E-state index in [0.717, 1.165) is 29.7 Å². The monoisotopic (exact) mass is 440 g/mol. The number of nitrogens with one attached hydrogen (secondary N) is 2. The summed E-state index contributed by atoms with van der Waals surface area (Å²) in [6.07, 6.45) is 4.95. The van der Waals surface area contributed by atoms with Crippen LogP contribution in [0.2, 0.25) is 0 Å². The largest absolute Gasteiger partial charge is 0.345 e. The normalized spacial score (nSPS) is 18.5. The summed E-state index contributed by atoms with van der Waals surface area (Å²) in [6, 6.07) is 21.9. The number of hydrogen-bond acceptors (Lipinski definition) is 3. The van der Waals surface area contributed by atoms with E-state index in [9.17, 15) is 9.59 Å². The molecule has 5 rings (SSSR count). The minimum atomic E-state index is -0.151. The number of fused-ring (bicyclic) bond motifs is 2. The fraction of sp³-hybridized carbons (Fsp3) is 0.185. The van der Waals surface area contributed by atoms with Gasteiger partial charge in [-0.2, -0.15) is 0 Å². The standard InChI is InChI=1S/C27H24N2O2S/c1-17-9-11-18(12-10-17)15-25-27(31)29-23-16-20(13-14-24(23)32-25)26(30)28-22-8-4-6-19-5-2-3-7-21(19)22/h2-3,5,7,9-16,22H,4,6,8H2,1H3,(H,28,30)(H,29,31)/b25-15+/t22-/m0/s1. The molecule has 1 heterocycles. The van der Waals surface area contributed by atoms with Crippen molar-refractivity contribution in [3.05, 3.63) is 99.5 Å². The van der Waals surface area contributed by atoms with E-state index in [2.05, 4.69) is 22.8 Å². The molecule has 2 aliphatic rings. The number of carbonyl (C=O) groups excluding carboxylic acids is 2. The second-order valence-corrected chi connectivity index (χ2v) is 9.39. The van der Waals surface area contributed by atoms with Crippen LogP contribution in [0.25, 0.3) is 6.08 Å². The summed E-state index contributed by atoms with van der Waals surface area (Å²) in [5.41, 5.74) is 5.92. The SMILES string of the molecule is Cc1ccc(/C=C2/Sc3ccc(C(=O)N[C@H]4CCCc5ccccc54)cc3NC2=O)cc1. The molecule has 0 unspecified atom stereocenters. The fourth-order valence-electron chi connectivity index (χ4n) is 4.26. The van der Waals surface area contributed by atoms with E-state index < -0.39 is 0 Å². The Labute approximate surface area is 192 Å². The zero-order chi connectivity index (χ0) is 22.1. The van der Waals surface area contributed by atoms with Gasteiger partial charge < -0.3 is 10.6 Å². The molecule has 32 heavy (non-hydrogen) atoms. The molecule has 1 atom stereocenters. The van der Waals surface area contributed by atoms with Crippen LogP contribution in [0.1, 0.15) is 51.5 Å². The number of aryl methyl sites for hydroxylation is 2. The molecule has 160 valence electrons. The van der Waals surface area contributed by atoms with Gasteiger partial charge in [-0.25, -0.2) is 0 Å². The molecule has 0 bridgehead atoms. The first-order valence-electron chi connectivity index (χ1n) is 10.9. The van der Waals surface area contributed by atoms with Crippen molar-refractivity contribution in [3.8, 4) is 0 Å². The van der Waals surface area contributed by atoms with Gasteiger partial charge in [0.2, 0.25) is 0 Å². The molecule has 2 N–H and O–H groups in total. The predicted octanol–water partition coefficient (Wildman–Crippen LogP) is 5.89. The molecule has 5 heteroatoms. The topological polar surface area (TPSA) is 58.2 Å². The van der Waals surface area contributed by atoms with Crippen molar-refractivity contribution < 1.29 is 9.59 Å². The van der Waals surface area contributed by atoms with Crippen molar-refractivity contribution in [1.82, 2.24) is 5.32 Å². The van der Waals surface area contributed by atoms with Gasteiger partial charge in [-0.05, 0) is 67.2 Å². The Balaban J connectivity index is 1.34. The first kappa shape index (κ1) is 20.6. The van der Waals surface area contributed by atoms with E-state index in [4.69, 9.17) is 0 Å². The summed E-state index contributed by atoms with van der Waals surface area (Å²) in [7, 11) is 0. The third-order valence-corrected chi connectivity index (χ3v) is 7.08. The number of rotatable bonds is 3. The summed E-state index contributed by atoms with van der Waals surface area (Å²) >= 11 is 1.43. The van der Waals surface area contributed by atoms with E-state index in [1.807, 2.05) is 61.5 Å². The Morgan fingerprint density at radius 1 is 1.09 bits per heavy atom. The third-order valence-electron chi connectivity index (χ3n) is 5.98. The molecule has 0 saturated heterocycles. The number of hydrogen-bond donors (Lipinski definition) is 2. The summed E-state index contributed by atoms with van der Waals surface area (Å²) in [5, 5.41) is 6.13. The average Bonchev–Trinajstić information content (AvgIpc) is 2.81. The molecule has 0 radical (unpaired) electrons. The van der Waals surface area contributed by atoms with Gasteiger partial charge in [-0.1, -0.05) is 65.9 Å². The maximum atomic E-state index is 13.0. The molecule has 0 saturated carbocycles. The molecule has 0 fully saturated rings. The minimum Gasteiger partial charge on any atom is -0.345 e. The highest BCUT2D eigenvalue weighted by Crippen LogP contribution is 2.39. The molecule has 3 aromatic rings. The van der Waals surface area contributed by atoms with Crippen LogP contribution >= 0.6 is 11.8 Å². The molecule has 4 nitrogen and oxygen atoms in total. The van der Waals surface area contributed by atoms with Gasteiger partial charge in [0.25, 0.3) is 11.8 Å². The molecule has 1 aliphatic carbocycles. The molecule has 2 amide bonds. The van der Waals surface area contributed by atoms with Crippen molar-refractivity contribution in [1.29, 1.82) is 0 Å². The van der Waals surface area contributed by atoms with Crippen molar-refractivity contribution >= 4 is 35.3 Å². The Morgan fingerprint density at radius 2 is 1.91 bits per heavy atom. The quantitative estimate of drug-likeness (QED) is 0.500. The molecule has 0 spiro atoms. The molecule has 0 aromatic heterocycles. The third kappa shape index (κ3) is 4.21. The lowest BCUT2D eigenvalue weighted by atomic mass is 9.87. The van der Waals surface area contributed by atoms with E-state index in [1.165, 1.54) is 28.5 Å². The molecular formula is C27H24N2O2S. The second-order valence-electron chi connectivity index (χ2n) is 8.30. The van der Waals surface area contributed by atoms with Crippen LogP contribution < -0.4 is 10.6 Å². The van der Waals surface area contributed by atoms with Gasteiger partial charge in [-0.3, -0.25) is 9.59 Å². The van der Waals surface area contributed by atoms with Gasteiger partial charge in [0.1, 0.15) is 0 Å². The number of carbonyl (C=O) groups is 2. The van der Waals surface area contributed by atoms with Gasteiger partial charge in [-0.15, -0.1) is 0 Å². The first-order valence-corrected chi connectivity index (χ1v) is 11.7. The van der Waals surface area contributed by atoms with E-state index in [1.54, 1.807) is 6.07 Å². The van der Waals surface area contributed by atoms with Crippen LogP contribution in [0.3, 0.4) is 0 Å². The second kappa shape index (κ2) is 8.67. The molecular weight excluding hydrogens is 416 g/mol. The number of benzene rings is 3. The number of amides is 2. The van der Waals surface area contributed by atoms with Crippen LogP contribution in [0, 0.1) is 6.92 Å². The summed E-state index contributed by atoms with van der Waals surface area (Å²) < 4.78 is 0. The molecule has 1 aliphatic heterocycles. The lowest BCUT2D eigenvalue weighted by molar-refractivity contribution is -0.112. The highest BCUT2D eigenvalue weighted by Gasteiger charge is 2.25. The Morgan fingerprint density at radius 3 is 2.75 bits per heavy atom. The Bertz CT molecular complexity index is 1230. The summed E-state index contributed by atoms with van der Waals surface area (Å²) in [6.45, 7) is 2.04. The zero-order valence-electron chi connectivity index (χ0n) is 17.9. The van der Waals surface area contributed by atoms with Gasteiger partial charge in [0.15, 0.2) is 0 Å². The lowest BCUT2D eigenvalue weighted by Crippen LogP contribution is -2.31. The summed E-state index contributed by atoms with van der Waals surface area (Å²) in [5.74, 6) is -0.267. The molecule has 3 aromatic carbocycles. The smallest absolute Gasteiger partial charge is 0.262 e. The van der Waals surface area contributed by atoms with Gasteiger partial charge in [0, 0.05) is 10.5 Å². The highest BCUT2D eigenvalue weighted by atomic mass is 32.2. The Kier molecular flexibility index (Phi) is 5.58. The van der Waals surface area contributed by atoms with E-state index in [0.29, 0.717) is 16.2 Å². The maximum absolute atomic E-state index is 13.0. The van der Waals surface area contributed by atoms with E-state index in [-0.39, 0.29) is 17.9 Å². The van der Waals surface area contributed by atoms with E-state index >= 15 is 0 Å².